The number of ether oxygens (including phenoxy) is 1. The molecule has 0 aliphatic heterocycles. The van der Waals surface area contributed by atoms with E-state index in [0.29, 0.717) is 0 Å². The highest BCUT2D eigenvalue weighted by Gasteiger charge is 2.17. The van der Waals surface area contributed by atoms with Crippen LogP contribution in [0, 0.1) is 0 Å². The number of carbonyl (C=O) groups is 1. The Hall–Kier alpha value is -1.23. The van der Waals surface area contributed by atoms with Crippen molar-refractivity contribution in [3.63, 3.8) is 0 Å². The Balaban J connectivity index is 3.05. The van der Waals surface area contributed by atoms with Gasteiger partial charge in [-0.3, -0.25) is 0 Å². The van der Waals surface area contributed by atoms with E-state index in [-0.39, 0.29) is 17.3 Å². The van der Waals surface area contributed by atoms with Crippen LogP contribution in [0.15, 0.2) is 12.1 Å². The monoisotopic (exact) mass is 235 g/mol. The molecule has 1 heterocycles. The summed E-state index contributed by atoms with van der Waals surface area (Å²) in [5.74, 6) is -0.801. The van der Waals surface area contributed by atoms with Gasteiger partial charge in [-0.15, -0.1) is 0 Å². The summed E-state index contributed by atoms with van der Waals surface area (Å²) in [5, 5.41) is -0.00199. The number of carbonyl (C=O) groups excluding carboxylic acids is 1. The minimum Gasteiger partial charge on any atom is -0.461 e. The molecule has 6 heteroatoms. The van der Waals surface area contributed by atoms with Gasteiger partial charge in [0.25, 0.3) is 6.43 Å². The van der Waals surface area contributed by atoms with Crippen LogP contribution in [0.5, 0.6) is 0 Å². The van der Waals surface area contributed by atoms with Gasteiger partial charge >= 0.3 is 5.97 Å². The van der Waals surface area contributed by atoms with E-state index >= 15 is 0 Å². The first kappa shape index (κ1) is 11.8. The van der Waals surface area contributed by atoms with E-state index in [1.807, 2.05) is 0 Å². The van der Waals surface area contributed by atoms with Gasteiger partial charge in [-0.25, -0.2) is 18.6 Å². The molecule has 0 N–H and O–H groups in total. The SMILES string of the molecule is CCOC(=O)c1nc(C(F)F)ccc1Cl. The summed E-state index contributed by atoms with van der Waals surface area (Å²) in [5.41, 5.74) is -0.779. The first-order valence-electron chi connectivity index (χ1n) is 4.18. The Kier molecular flexibility index (Phi) is 3.96. The summed E-state index contributed by atoms with van der Waals surface area (Å²) in [4.78, 5) is 14.7. The van der Waals surface area contributed by atoms with Crippen LogP contribution < -0.4 is 0 Å². The third-order valence-corrected chi connectivity index (χ3v) is 1.86. The molecular weight excluding hydrogens is 228 g/mol. The lowest BCUT2D eigenvalue weighted by Gasteiger charge is -2.05. The van der Waals surface area contributed by atoms with Gasteiger partial charge in [0.05, 0.1) is 11.6 Å². The van der Waals surface area contributed by atoms with Crippen molar-refractivity contribution >= 4 is 17.6 Å². The van der Waals surface area contributed by atoms with Gasteiger partial charge in [0.15, 0.2) is 5.69 Å². The van der Waals surface area contributed by atoms with Crippen molar-refractivity contribution in [1.29, 1.82) is 0 Å². The summed E-state index contributed by atoms with van der Waals surface area (Å²) < 4.78 is 29.2. The van der Waals surface area contributed by atoms with Crippen LogP contribution in [0.3, 0.4) is 0 Å². The summed E-state index contributed by atoms with van der Waals surface area (Å²) in [6.07, 6.45) is -2.74. The van der Waals surface area contributed by atoms with Gasteiger partial charge in [-0.1, -0.05) is 11.6 Å². The number of alkyl halides is 2. The largest absolute Gasteiger partial charge is 0.461 e. The maximum absolute atomic E-state index is 12.3. The third kappa shape index (κ3) is 2.86. The van der Waals surface area contributed by atoms with Gasteiger partial charge < -0.3 is 4.74 Å². The van der Waals surface area contributed by atoms with Gasteiger partial charge in [-0.05, 0) is 19.1 Å². The number of rotatable bonds is 3. The second-order valence-corrected chi connectivity index (χ2v) is 2.99. The Bertz CT molecular complexity index is 371. The quantitative estimate of drug-likeness (QED) is 0.757. The number of esters is 1. The summed E-state index contributed by atoms with van der Waals surface area (Å²) >= 11 is 5.62. The van der Waals surface area contributed by atoms with Crippen LogP contribution >= 0.6 is 11.6 Å². The van der Waals surface area contributed by atoms with Gasteiger partial charge in [-0.2, -0.15) is 0 Å². The van der Waals surface area contributed by atoms with Crippen molar-refractivity contribution in [1.82, 2.24) is 4.98 Å². The summed E-state index contributed by atoms with van der Waals surface area (Å²) in [7, 11) is 0. The minimum atomic E-state index is -2.74. The van der Waals surface area contributed by atoms with E-state index < -0.39 is 18.1 Å². The van der Waals surface area contributed by atoms with E-state index in [4.69, 9.17) is 11.6 Å². The number of hydrogen-bond acceptors (Lipinski definition) is 3. The molecule has 82 valence electrons. The second-order valence-electron chi connectivity index (χ2n) is 2.59. The highest BCUT2D eigenvalue weighted by molar-refractivity contribution is 6.33. The standard InChI is InChI=1S/C9H8ClF2NO2/c1-2-15-9(14)7-5(10)3-4-6(13-7)8(11)12/h3-4,8H,2H2,1H3. The molecule has 1 aromatic heterocycles. The average Bonchev–Trinajstić information content (AvgIpc) is 2.18. The van der Waals surface area contributed by atoms with E-state index in [2.05, 4.69) is 9.72 Å². The first-order chi connectivity index (χ1) is 7.06. The predicted molar refractivity (Wildman–Crippen MR) is 50.2 cm³/mol. The summed E-state index contributed by atoms with van der Waals surface area (Å²) in [6.45, 7) is 1.73. The Labute approximate surface area is 90.0 Å². The van der Waals surface area contributed by atoms with Crippen molar-refractivity contribution in [2.75, 3.05) is 6.61 Å². The first-order valence-corrected chi connectivity index (χ1v) is 4.55. The lowest BCUT2D eigenvalue weighted by molar-refractivity contribution is 0.0518. The summed E-state index contributed by atoms with van der Waals surface area (Å²) in [6, 6.07) is 2.26. The van der Waals surface area contributed by atoms with E-state index in [1.165, 1.54) is 6.07 Å². The Morgan fingerprint density at radius 2 is 2.27 bits per heavy atom. The highest BCUT2D eigenvalue weighted by Crippen LogP contribution is 2.21. The topological polar surface area (TPSA) is 39.2 Å². The molecule has 0 spiro atoms. The molecule has 0 radical (unpaired) electrons. The molecule has 3 nitrogen and oxygen atoms in total. The van der Waals surface area contributed by atoms with Crippen LogP contribution in [-0.4, -0.2) is 17.6 Å². The van der Waals surface area contributed by atoms with Gasteiger partial charge in [0.2, 0.25) is 0 Å². The predicted octanol–water partition coefficient (Wildman–Crippen LogP) is 2.85. The van der Waals surface area contributed by atoms with Crippen LogP contribution in [0.1, 0.15) is 29.5 Å². The van der Waals surface area contributed by atoms with Crippen molar-refractivity contribution in [3.8, 4) is 0 Å². The molecule has 1 aromatic rings. The van der Waals surface area contributed by atoms with E-state index in [9.17, 15) is 13.6 Å². The molecule has 0 bridgehead atoms. The van der Waals surface area contributed by atoms with Crippen LogP contribution in [-0.2, 0) is 4.74 Å². The fourth-order valence-electron chi connectivity index (χ4n) is 0.921. The maximum Gasteiger partial charge on any atom is 0.358 e. The van der Waals surface area contributed by atoms with Crippen LogP contribution in [0.4, 0.5) is 8.78 Å². The molecule has 15 heavy (non-hydrogen) atoms. The van der Waals surface area contributed by atoms with Gasteiger partial charge in [0, 0.05) is 0 Å². The minimum absolute atomic E-state index is 0.00199. The fraction of sp³-hybridized carbons (Fsp3) is 0.333. The van der Waals surface area contributed by atoms with E-state index in [1.54, 1.807) is 6.92 Å². The highest BCUT2D eigenvalue weighted by atomic mass is 35.5. The van der Waals surface area contributed by atoms with Crippen molar-refractivity contribution in [3.05, 3.63) is 28.5 Å². The number of hydrogen-bond donors (Lipinski definition) is 0. The number of halogens is 3. The zero-order chi connectivity index (χ0) is 11.4. The van der Waals surface area contributed by atoms with Crippen LogP contribution in [0.25, 0.3) is 0 Å². The Morgan fingerprint density at radius 3 is 2.80 bits per heavy atom. The average molecular weight is 236 g/mol. The number of aromatic nitrogens is 1. The molecule has 0 amide bonds. The zero-order valence-electron chi connectivity index (χ0n) is 7.84. The van der Waals surface area contributed by atoms with Crippen molar-refractivity contribution < 1.29 is 18.3 Å². The fourth-order valence-corrected chi connectivity index (χ4v) is 1.10. The van der Waals surface area contributed by atoms with E-state index in [0.717, 1.165) is 6.07 Å². The smallest absolute Gasteiger partial charge is 0.358 e. The molecule has 0 aliphatic carbocycles. The zero-order valence-corrected chi connectivity index (χ0v) is 8.59. The Morgan fingerprint density at radius 1 is 1.60 bits per heavy atom. The molecule has 0 fully saturated rings. The van der Waals surface area contributed by atoms with Crippen molar-refractivity contribution in [2.45, 2.75) is 13.3 Å². The molecule has 0 saturated carbocycles. The second kappa shape index (κ2) is 5.02. The molecule has 0 aromatic carbocycles. The lowest BCUT2D eigenvalue weighted by Crippen LogP contribution is -2.09. The van der Waals surface area contributed by atoms with Crippen molar-refractivity contribution in [2.24, 2.45) is 0 Å². The van der Waals surface area contributed by atoms with Gasteiger partial charge in [0.1, 0.15) is 5.69 Å². The normalized spacial score (nSPS) is 10.5. The molecule has 1 rings (SSSR count). The lowest BCUT2D eigenvalue weighted by atomic mass is 10.3. The van der Waals surface area contributed by atoms with Crippen LogP contribution in [0.2, 0.25) is 5.02 Å². The molecular formula is C9H8ClF2NO2. The molecule has 0 unspecified atom stereocenters. The molecule has 0 saturated heterocycles. The molecule has 0 aliphatic rings. The maximum atomic E-state index is 12.3. The molecule has 0 atom stereocenters. The number of nitrogens with zero attached hydrogens (tertiary/aromatic N) is 1. The third-order valence-electron chi connectivity index (χ3n) is 1.56. The number of pyridine rings is 1.